The summed E-state index contributed by atoms with van der Waals surface area (Å²) in [5.74, 6) is 0.610. The number of carbonyl (C=O) groups is 1. The summed E-state index contributed by atoms with van der Waals surface area (Å²) in [5.41, 5.74) is 0.411. The third-order valence-corrected chi connectivity index (χ3v) is 3.03. The molecule has 0 saturated heterocycles. The molecule has 2 rings (SSSR count). The molecule has 0 aliphatic heterocycles. The topological polar surface area (TPSA) is 70.7 Å². The number of hydrogen-bond donors (Lipinski definition) is 1. The highest BCUT2D eigenvalue weighted by molar-refractivity contribution is 5.93. The quantitative estimate of drug-likeness (QED) is 0.816. The van der Waals surface area contributed by atoms with E-state index in [1.54, 1.807) is 7.05 Å². The van der Waals surface area contributed by atoms with Crippen molar-refractivity contribution in [2.24, 2.45) is 13.0 Å². The van der Waals surface area contributed by atoms with E-state index in [4.69, 9.17) is 5.26 Å². The minimum absolute atomic E-state index is 0.0117. The van der Waals surface area contributed by atoms with Gasteiger partial charge in [0.1, 0.15) is 17.5 Å². The molecule has 1 aromatic rings. The Morgan fingerprint density at radius 3 is 2.94 bits per heavy atom. The first-order valence-electron chi connectivity index (χ1n) is 5.45. The monoisotopic (exact) mass is 218 g/mol. The highest BCUT2D eigenvalue weighted by Crippen LogP contribution is 2.26. The number of aromatic nitrogens is 2. The maximum Gasteiger partial charge on any atom is 0.228 e. The zero-order chi connectivity index (χ0) is 11.5. The number of carbonyl (C=O) groups excluding carboxylic acids is 1. The molecular formula is C11H14N4O. The van der Waals surface area contributed by atoms with Gasteiger partial charge in [0.2, 0.25) is 5.91 Å². The van der Waals surface area contributed by atoms with Gasteiger partial charge in [0.25, 0.3) is 0 Å². The molecule has 16 heavy (non-hydrogen) atoms. The molecule has 0 spiro atoms. The molecule has 5 nitrogen and oxygen atoms in total. The lowest BCUT2D eigenvalue weighted by atomic mass is 10.1. The Hall–Kier alpha value is -1.83. The summed E-state index contributed by atoms with van der Waals surface area (Å²) in [6.45, 7) is 0. The van der Waals surface area contributed by atoms with Crippen LogP contribution in [0.3, 0.4) is 0 Å². The van der Waals surface area contributed by atoms with Crippen molar-refractivity contribution in [2.75, 3.05) is 5.32 Å². The summed E-state index contributed by atoms with van der Waals surface area (Å²) in [4.78, 5) is 11.9. The van der Waals surface area contributed by atoms with Crippen LogP contribution in [-0.4, -0.2) is 15.7 Å². The molecule has 1 fully saturated rings. The van der Waals surface area contributed by atoms with Gasteiger partial charge in [0.15, 0.2) is 0 Å². The number of hydrogen-bond acceptors (Lipinski definition) is 3. The van der Waals surface area contributed by atoms with Gasteiger partial charge >= 0.3 is 0 Å². The second kappa shape index (κ2) is 4.35. The largest absolute Gasteiger partial charge is 0.310 e. The van der Waals surface area contributed by atoms with E-state index in [1.165, 1.54) is 10.9 Å². The Bertz CT molecular complexity index is 437. The Morgan fingerprint density at radius 1 is 1.62 bits per heavy atom. The number of nitriles is 1. The van der Waals surface area contributed by atoms with Gasteiger partial charge in [0.05, 0.1) is 6.20 Å². The number of rotatable bonds is 2. The van der Waals surface area contributed by atoms with Gasteiger partial charge in [-0.2, -0.15) is 10.4 Å². The van der Waals surface area contributed by atoms with Crippen LogP contribution in [0, 0.1) is 17.2 Å². The molecule has 1 heterocycles. The lowest BCUT2D eigenvalue weighted by Crippen LogP contribution is -2.22. The standard InChI is InChI=1S/C11H14N4O/c1-15-10(9(6-12)7-13-15)14-11(16)8-4-2-3-5-8/h7-8H,2-5H2,1H3,(H,14,16). The van der Waals surface area contributed by atoms with E-state index in [-0.39, 0.29) is 11.8 Å². The van der Waals surface area contributed by atoms with E-state index in [2.05, 4.69) is 10.4 Å². The Morgan fingerprint density at radius 2 is 2.31 bits per heavy atom. The number of aryl methyl sites for hydroxylation is 1. The Balaban J connectivity index is 2.11. The maximum absolute atomic E-state index is 11.9. The predicted molar refractivity (Wildman–Crippen MR) is 58.5 cm³/mol. The average molecular weight is 218 g/mol. The molecule has 1 aromatic heterocycles. The van der Waals surface area contributed by atoms with Gasteiger partial charge in [-0.05, 0) is 12.8 Å². The molecule has 0 atom stereocenters. The van der Waals surface area contributed by atoms with Crippen molar-refractivity contribution in [3.05, 3.63) is 11.8 Å². The van der Waals surface area contributed by atoms with Crippen molar-refractivity contribution in [1.29, 1.82) is 5.26 Å². The molecule has 0 aromatic carbocycles. The van der Waals surface area contributed by atoms with E-state index < -0.39 is 0 Å². The Kier molecular flexibility index (Phi) is 2.91. The van der Waals surface area contributed by atoms with Crippen molar-refractivity contribution in [3.8, 4) is 6.07 Å². The van der Waals surface area contributed by atoms with Crippen molar-refractivity contribution < 1.29 is 4.79 Å². The normalized spacial score (nSPS) is 16.0. The summed E-state index contributed by atoms with van der Waals surface area (Å²) in [7, 11) is 1.71. The minimum atomic E-state index is 0.0117. The zero-order valence-corrected chi connectivity index (χ0v) is 9.23. The second-order valence-electron chi connectivity index (χ2n) is 4.11. The molecule has 0 radical (unpaired) electrons. The van der Waals surface area contributed by atoms with Gasteiger partial charge in [-0.3, -0.25) is 9.48 Å². The summed E-state index contributed by atoms with van der Waals surface area (Å²) in [5, 5.41) is 15.6. The maximum atomic E-state index is 11.9. The fourth-order valence-corrected chi connectivity index (χ4v) is 2.07. The molecule has 1 aliphatic carbocycles. The van der Waals surface area contributed by atoms with Gasteiger partial charge in [0, 0.05) is 13.0 Å². The smallest absolute Gasteiger partial charge is 0.228 e. The third kappa shape index (κ3) is 1.91. The van der Waals surface area contributed by atoms with Crippen LogP contribution in [0.25, 0.3) is 0 Å². The molecule has 84 valence electrons. The molecule has 1 amide bonds. The lowest BCUT2D eigenvalue weighted by molar-refractivity contribution is -0.119. The van der Waals surface area contributed by atoms with Crippen LogP contribution >= 0.6 is 0 Å². The van der Waals surface area contributed by atoms with Gasteiger partial charge < -0.3 is 5.32 Å². The van der Waals surface area contributed by atoms with Gasteiger partial charge in [-0.1, -0.05) is 12.8 Å². The van der Waals surface area contributed by atoms with Crippen LogP contribution in [0.15, 0.2) is 6.20 Å². The SMILES string of the molecule is Cn1ncc(C#N)c1NC(=O)C1CCCC1. The van der Waals surface area contributed by atoms with E-state index in [9.17, 15) is 4.79 Å². The third-order valence-electron chi connectivity index (χ3n) is 3.03. The van der Waals surface area contributed by atoms with Gasteiger partial charge in [-0.15, -0.1) is 0 Å². The van der Waals surface area contributed by atoms with Crippen molar-refractivity contribution in [2.45, 2.75) is 25.7 Å². The Labute approximate surface area is 94.1 Å². The van der Waals surface area contributed by atoms with Crippen molar-refractivity contribution >= 4 is 11.7 Å². The number of amides is 1. The van der Waals surface area contributed by atoms with Gasteiger partial charge in [-0.25, -0.2) is 0 Å². The fourth-order valence-electron chi connectivity index (χ4n) is 2.07. The first-order valence-corrected chi connectivity index (χ1v) is 5.45. The minimum Gasteiger partial charge on any atom is -0.310 e. The highest BCUT2D eigenvalue weighted by atomic mass is 16.2. The molecule has 0 bridgehead atoms. The first-order chi connectivity index (χ1) is 7.72. The molecule has 1 aliphatic rings. The lowest BCUT2D eigenvalue weighted by Gasteiger charge is -2.10. The molecule has 1 N–H and O–H groups in total. The average Bonchev–Trinajstić information content (AvgIpc) is 2.89. The number of nitrogens with zero attached hydrogens (tertiary/aromatic N) is 3. The number of nitrogens with one attached hydrogen (secondary N) is 1. The predicted octanol–water partition coefficient (Wildman–Crippen LogP) is 1.42. The summed E-state index contributed by atoms with van der Waals surface area (Å²) in [6.07, 6.45) is 5.60. The first kappa shape index (κ1) is 10.7. The molecule has 0 unspecified atom stereocenters. The molecular weight excluding hydrogens is 204 g/mol. The fraction of sp³-hybridized carbons (Fsp3) is 0.545. The summed E-state index contributed by atoms with van der Waals surface area (Å²) in [6, 6.07) is 2.01. The zero-order valence-electron chi connectivity index (χ0n) is 9.23. The van der Waals surface area contributed by atoms with E-state index >= 15 is 0 Å². The van der Waals surface area contributed by atoms with E-state index in [0.29, 0.717) is 11.4 Å². The highest BCUT2D eigenvalue weighted by Gasteiger charge is 2.24. The van der Waals surface area contributed by atoms with Crippen LogP contribution in [0.5, 0.6) is 0 Å². The van der Waals surface area contributed by atoms with Crippen molar-refractivity contribution in [1.82, 2.24) is 9.78 Å². The van der Waals surface area contributed by atoms with Crippen molar-refractivity contribution in [3.63, 3.8) is 0 Å². The summed E-state index contributed by atoms with van der Waals surface area (Å²) < 4.78 is 1.52. The van der Waals surface area contributed by atoms with E-state index in [1.807, 2.05) is 6.07 Å². The van der Waals surface area contributed by atoms with Crippen LogP contribution in [-0.2, 0) is 11.8 Å². The molecule has 5 heteroatoms. The van der Waals surface area contributed by atoms with Crippen LogP contribution in [0.2, 0.25) is 0 Å². The van der Waals surface area contributed by atoms with Crippen LogP contribution in [0.1, 0.15) is 31.2 Å². The molecule has 1 saturated carbocycles. The van der Waals surface area contributed by atoms with E-state index in [0.717, 1.165) is 25.7 Å². The number of anilines is 1. The van der Waals surface area contributed by atoms with Crippen LogP contribution < -0.4 is 5.32 Å². The summed E-state index contributed by atoms with van der Waals surface area (Å²) >= 11 is 0. The second-order valence-corrected chi connectivity index (χ2v) is 4.11. The van der Waals surface area contributed by atoms with Crippen LogP contribution in [0.4, 0.5) is 5.82 Å².